The Kier molecular flexibility index (Phi) is 5.16. The van der Waals surface area contributed by atoms with Crippen molar-refractivity contribution in [3.63, 3.8) is 0 Å². The highest BCUT2D eigenvalue weighted by atomic mass is 32.2. The van der Waals surface area contributed by atoms with Crippen molar-refractivity contribution >= 4 is 9.84 Å². The van der Waals surface area contributed by atoms with Gasteiger partial charge in [-0.2, -0.15) is 13.2 Å². The molecule has 0 heterocycles. The zero-order valence-corrected chi connectivity index (χ0v) is 15.3. The average molecular weight is 410 g/mol. The maximum Gasteiger partial charge on any atom is 0.417 e. The minimum absolute atomic E-state index is 0.0179. The molecule has 0 N–H and O–H groups in total. The zero-order chi connectivity index (χ0) is 20.5. The number of benzene rings is 3. The molecule has 0 saturated heterocycles. The largest absolute Gasteiger partial charge is 0.496 e. The summed E-state index contributed by atoms with van der Waals surface area (Å²) in [7, 11) is -3.10. The molecular formula is C20H14F4O3S. The smallest absolute Gasteiger partial charge is 0.417 e. The summed E-state index contributed by atoms with van der Waals surface area (Å²) in [6.45, 7) is 0. The second kappa shape index (κ2) is 7.27. The quantitative estimate of drug-likeness (QED) is 0.545. The monoisotopic (exact) mass is 410 g/mol. The van der Waals surface area contributed by atoms with E-state index in [1.165, 1.54) is 43.5 Å². The molecular weight excluding hydrogens is 396 g/mol. The van der Waals surface area contributed by atoms with Crippen LogP contribution in [0, 0.1) is 5.82 Å². The molecule has 0 radical (unpaired) electrons. The summed E-state index contributed by atoms with van der Waals surface area (Å²) >= 11 is 0. The van der Waals surface area contributed by atoms with Crippen molar-refractivity contribution in [3.8, 4) is 16.9 Å². The predicted octanol–water partition coefficient (Wildman–Crippen LogP) is 5.35. The first-order valence-corrected chi connectivity index (χ1v) is 9.48. The van der Waals surface area contributed by atoms with Gasteiger partial charge in [-0.15, -0.1) is 0 Å². The van der Waals surface area contributed by atoms with E-state index in [-0.39, 0.29) is 21.8 Å². The molecule has 0 saturated carbocycles. The number of rotatable bonds is 4. The highest BCUT2D eigenvalue weighted by Gasteiger charge is 2.38. The molecule has 0 aromatic heterocycles. The molecule has 0 spiro atoms. The molecule has 146 valence electrons. The third kappa shape index (κ3) is 3.73. The van der Waals surface area contributed by atoms with E-state index in [4.69, 9.17) is 4.74 Å². The van der Waals surface area contributed by atoms with Crippen LogP contribution in [0.3, 0.4) is 0 Å². The molecule has 3 aromatic carbocycles. The molecule has 0 unspecified atom stereocenters. The number of halogens is 4. The lowest BCUT2D eigenvalue weighted by Crippen LogP contribution is -2.14. The molecule has 28 heavy (non-hydrogen) atoms. The second-order valence-electron chi connectivity index (χ2n) is 5.87. The molecule has 3 aromatic rings. The molecule has 0 aliphatic heterocycles. The van der Waals surface area contributed by atoms with E-state index in [0.717, 1.165) is 18.2 Å². The van der Waals surface area contributed by atoms with Gasteiger partial charge in [-0.25, -0.2) is 12.8 Å². The minimum atomic E-state index is -4.94. The standard InChI is InChI=1S/C20H14F4O3S/c1-27-18-9-8-14(21)12-16(18)13-7-10-19(17(11-13)20(22,23)24)28(25,26)15-5-3-2-4-6-15/h2-12H,1H3. The lowest BCUT2D eigenvalue weighted by molar-refractivity contribution is -0.139. The molecule has 0 atom stereocenters. The van der Waals surface area contributed by atoms with Crippen LogP contribution < -0.4 is 4.74 Å². The van der Waals surface area contributed by atoms with Gasteiger partial charge in [0.2, 0.25) is 9.84 Å². The van der Waals surface area contributed by atoms with Crippen LogP contribution in [-0.2, 0) is 16.0 Å². The molecule has 3 nitrogen and oxygen atoms in total. The van der Waals surface area contributed by atoms with Crippen LogP contribution in [-0.4, -0.2) is 15.5 Å². The summed E-state index contributed by atoms with van der Waals surface area (Å²) in [5.41, 5.74) is -1.27. The van der Waals surface area contributed by atoms with E-state index in [2.05, 4.69) is 0 Å². The summed E-state index contributed by atoms with van der Waals surface area (Å²) < 4.78 is 85.2. The molecule has 0 amide bonds. The van der Waals surface area contributed by atoms with Crippen molar-refractivity contribution in [3.05, 3.63) is 78.1 Å². The molecule has 0 fully saturated rings. The van der Waals surface area contributed by atoms with Gasteiger partial charge in [0, 0.05) is 5.56 Å². The topological polar surface area (TPSA) is 43.4 Å². The van der Waals surface area contributed by atoms with Gasteiger partial charge in [0.15, 0.2) is 0 Å². The van der Waals surface area contributed by atoms with Crippen LogP contribution in [0.2, 0.25) is 0 Å². The first-order valence-electron chi connectivity index (χ1n) is 8.00. The van der Waals surface area contributed by atoms with Crippen molar-refractivity contribution in [2.75, 3.05) is 7.11 Å². The van der Waals surface area contributed by atoms with E-state index >= 15 is 0 Å². The fraction of sp³-hybridized carbons (Fsp3) is 0.100. The Morgan fingerprint density at radius 3 is 2.18 bits per heavy atom. The zero-order valence-electron chi connectivity index (χ0n) is 14.5. The number of methoxy groups -OCH3 is 1. The Labute approximate surface area is 159 Å². The summed E-state index contributed by atoms with van der Waals surface area (Å²) in [5.74, 6) is -0.501. The summed E-state index contributed by atoms with van der Waals surface area (Å²) in [6.07, 6.45) is -4.94. The second-order valence-corrected chi connectivity index (χ2v) is 7.79. The summed E-state index contributed by atoms with van der Waals surface area (Å²) in [6, 6.07) is 13.0. The van der Waals surface area contributed by atoms with E-state index < -0.39 is 32.3 Å². The molecule has 8 heteroatoms. The normalized spacial score (nSPS) is 12.0. The van der Waals surface area contributed by atoms with Gasteiger partial charge in [-0.05, 0) is 48.0 Å². The first-order chi connectivity index (χ1) is 13.1. The third-order valence-electron chi connectivity index (χ3n) is 4.10. The van der Waals surface area contributed by atoms with E-state index in [0.29, 0.717) is 6.07 Å². The molecule has 0 aliphatic carbocycles. The van der Waals surface area contributed by atoms with Crippen molar-refractivity contribution in [1.29, 1.82) is 0 Å². The van der Waals surface area contributed by atoms with Crippen molar-refractivity contribution < 1.29 is 30.7 Å². The number of hydrogen-bond donors (Lipinski definition) is 0. The van der Waals surface area contributed by atoms with Gasteiger partial charge in [0.1, 0.15) is 11.6 Å². The highest BCUT2D eigenvalue weighted by Crippen LogP contribution is 2.40. The van der Waals surface area contributed by atoms with E-state index in [9.17, 15) is 26.0 Å². The van der Waals surface area contributed by atoms with Crippen LogP contribution in [0.1, 0.15) is 5.56 Å². The Hall–Kier alpha value is -2.87. The van der Waals surface area contributed by atoms with Gasteiger partial charge in [0.25, 0.3) is 0 Å². The SMILES string of the molecule is COc1ccc(F)cc1-c1ccc(S(=O)(=O)c2ccccc2)c(C(F)(F)F)c1. The molecule has 0 bridgehead atoms. The minimum Gasteiger partial charge on any atom is -0.496 e. The van der Waals surface area contributed by atoms with E-state index in [1.807, 2.05) is 0 Å². The number of ether oxygens (including phenoxy) is 1. The van der Waals surface area contributed by atoms with Gasteiger partial charge in [-0.1, -0.05) is 24.3 Å². The highest BCUT2D eigenvalue weighted by molar-refractivity contribution is 7.91. The van der Waals surface area contributed by atoms with Crippen LogP contribution >= 0.6 is 0 Å². The van der Waals surface area contributed by atoms with Crippen LogP contribution in [0.5, 0.6) is 5.75 Å². The van der Waals surface area contributed by atoms with Gasteiger partial charge < -0.3 is 4.74 Å². The first kappa shape index (κ1) is 19.9. The Morgan fingerprint density at radius 2 is 1.57 bits per heavy atom. The van der Waals surface area contributed by atoms with Gasteiger partial charge in [-0.3, -0.25) is 0 Å². The maximum atomic E-state index is 13.7. The third-order valence-corrected chi connectivity index (χ3v) is 5.93. The molecule has 0 aliphatic rings. The Morgan fingerprint density at radius 1 is 0.893 bits per heavy atom. The average Bonchev–Trinajstić information content (AvgIpc) is 2.67. The maximum absolute atomic E-state index is 13.7. The van der Waals surface area contributed by atoms with Gasteiger partial charge in [0.05, 0.1) is 22.5 Å². The van der Waals surface area contributed by atoms with Gasteiger partial charge >= 0.3 is 6.18 Å². The summed E-state index contributed by atoms with van der Waals surface area (Å²) in [5, 5.41) is 0. The fourth-order valence-corrected chi connectivity index (χ4v) is 4.27. The van der Waals surface area contributed by atoms with E-state index in [1.54, 1.807) is 6.07 Å². The Balaban J connectivity index is 2.25. The van der Waals surface area contributed by atoms with Crippen LogP contribution in [0.25, 0.3) is 11.1 Å². The summed E-state index contributed by atoms with van der Waals surface area (Å²) in [4.78, 5) is -1.12. The number of sulfone groups is 1. The molecule has 3 rings (SSSR count). The van der Waals surface area contributed by atoms with Crippen LogP contribution in [0.4, 0.5) is 17.6 Å². The number of alkyl halides is 3. The lowest BCUT2D eigenvalue weighted by atomic mass is 10.0. The van der Waals surface area contributed by atoms with Crippen molar-refractivity contribution in [2.45, 2.75) is 16.0 Å². The van der Waals surface area contributed by atoms with Crippen molar-refractivity contribution in [1.82, 2.24) is 0 Å². The lowest BCUT2D eigenvalue weighted by Gasteiger charge is -2.16. The van der Waals surface area contributed by atoms with Crippen molar-refractivity contribution in [2.24, 2.45) is 0 Å². The fourth-order valence-electron chi connectivity index (χ4n) is 2.79. The predicted molar refractivity (Wildman–Crippen MR) is 95.3 cm³/mol. The Bertz CT molecular complexity index is 1110. The van der Waals surface area contributed by atoms with Crippen LogP contribution in [0.15, 0.2) is 76.5 Å². The number of hydrogen-bond acceptors (Lipinski definition) is 3.